The van der Waals surface area contributed by atoms with Crippen molar-refractivity contribution in [3.63, 3.8) is 0 Å². The second-order valence-electron chi connectivity index (χ2n) is 7.22. The fourth-order valence-corrected chi connectivity index (χ4v) is 4.09. The summed E-state index contributed by atoms with van der Waals surface area (Å²) < 4.78 is 15.3. The number of aromatic nitrogens is 5. The van der Waals surface area contributed by atoms with E-state index in [1.807, 2.05) is 29.1 Å². The van der Waals surface area contributed by atoms with Crippen LogP contribution in [0.25, 0.3) is 17.1 Å². The highest BCUT2D eigenvalue weighted by molar-refractivity contribution is 6.31. The number of hydrogen-bond donors (Lipinski definition) is 0. The Bertz CT molecular complexity index is 1100. The normalized spacial score (nSPS) is 17.2. The van der Waals surface area contributed by atoms with Crippen LogP contribution < -0.4 is 0 Å². The van der Waals surface area contributed by atoms with E-state index in [1.165, 1.54) is 0 Å². The van der Waals surface area contributed by atoms with Crippen molar-refractivity contribution in [2.24, 2.45) is 4.99 Å². The quantitative estimate of drug-likeness (QED) is 0.502. The number of rotatable bonds is 5. The van der Waals surface area contributed by atoms with Gasteiger partial charge < -0.3 is 14.0 Å². The highest BCUT2D eigenvalue weighted by atomic mass is 35.5. The molecule has 2 aliphatic heterocycles. The smallest absolute Gasteiger partial charge is 0.237 e. The predicted octanol–water partition coefficient (Wildman–Crippen LogP) is 3.24. The van der Waals surface area contributed by atoms with E-state index in [-0.39, 0.29) is 6.04 Å². The fourth-order valence-electron chi connectivity index (χ4n) is 3.92. The first-order valence-corrected chi connectivity index (χ1v) is 10.1. The Morgan fingerprint density at radius 1 is 1.31 bits per heavy atom. The molecule has 150 valence electrons. The highest BCUT2D eigenvalue weighted by Crippen LogP contribution is 2.34. The van der Waals surface area contributed by atoms with Gasteiger partial charge in [0, 0.05) is 17.7 Å². The molecule has 1 atom stereocenters. The van der Waals surface area contributed by atoms with Crippen LogP contribution >= 0.6 is 11.6 Å². The number of benzene rings is 1. The van der Waals surface area contributed by atoms with Crippen molar-refractivity contribution in [1.29, 1.82) is 0 Å². The van der Waals surface area contributed by atoms with E-state index in [0.29, 0.717) is 30.7 Å². The van der Waals surface area contributed by atoms with Gasteiger partial charge in [-0.1, -0.05) is 24.9 Å². The van der Waals surface area contributed by atoms with Gasteiger partial charge in [0.1, 0.15) is 25.2 Å². The summed E-state index contributed by atoms with van der Waals surface area (Å²) >= 11 is 6.30. The zero-order chi connectivity index (χ0) is 20.0. The third kappa shape index (κ3) is 3.03. The molecule has 0 unspecified atom stereocenters. The maximum Gasteiger partial charge on any atom is 0.237 e. The molecule has 5 rings (SSSR count). The SMILES string of the molecule is CCC[C@@H]1COC(c2ncn3c2Cn2c(COC)nnc2-c2cc(Cl)ccc2-3)=N1. The van der Waals surface area contributed by atoms with Gasteiger partial charge in [-0.25, -0.2) is 9.98 Å². The summed E-state index contributed by atoms with van der Waals surface area (Å²) in [4.78, 5) is 9.42. The van der Waals surface area contributed by atoms with Gasteiger partial charge in [0.05, 0.1) is 24.0 Å². The first-order valence-electron chi connectivity index (χ1n) is 9.68. The summed E-state index contributed by atoms with van der Waals surface area (Å²) in [5.74, 6) is 2.10. The van der Waals surface area contributed by atoms with Gasteiger partial charge in [-0.2, -0.15) is 0 Å². The Morgan fingerprint density at radius 2 is 2.21 bits per heavy atom. The van der Waals surface area contributed by atoms with Crippen molar-refractivity contribution in [3.05, 3.63) is 46.8 Å². The van der Waals surface area contributed by atoms with E-state index in [0.717, 1.165) is 47.1 Å². The van der Waals surface area contributed by atoms with Crippen molar-refractivity contribution in [2.45, 2.75) is 39.0 Å². The van der Waals surface area contributed by atoms with E-state index in [1.54, 1.807) is 7.11 Å². The molecule has 0 saturated carbocycles. The van der Waals surface area contributed by atoms with Crippen LogP contribution in [0.3, 0.4) is 0 Å². The molecule has 0 N–H and O–H groups in total. The van der Waals surface area contributed by atoms with Crippen LogP contribution in [-0.4, -0.2) is 50.0 Å². The molecule has 0 aliphatic carbocycles. The van der Waals surface area contributed by atoms with Crippen LogP contribution in [0.5, 0.6) is 0 Å². The second kappa shape index (κ2) is 7.27. The summed E-state index contributed by atoms with van der Waals surface area (Å²) in [7, 11) is 1.65. The minimum atomic E-state index is 0.193. The standard InChI is InChI=1S/C20H21ClN6O2/c1-3-4-13-9-29-20(23-13)18-16-8-26-17(10-28-2)24-25-19(26)14-7-12(21)5-6-15(14)27(16)11-22-18/h5-7,11,13H,3-4,8-10H2,1-2H3/t13-/m1/s1. The van der Waals surface area contributed by atoms with Crippen LogP contribution in [0.4, 0.5) is 0 Å². The Labute approximate surface area is 173 Å². The molecule has 0 bridgehead atoms. The van der Waals surface area contributed by atoms with Crippen LogP contribution in [0.1, 0.15) is 37.0 Å². The lowest BCUT2D eigenvalue weighted by molar-refractivity contribution is 0.174. The molecular weight excluding hydrogens is 392 g/mol. The summed E-state index contributed by atoms with van der Waals surface area (Å²) in [6.45, 7) is 3.66. The Kier molecular flexibility index (Phi) is 4.60. The third-order valence-corrected chi connectivity index (χ3v) is 5.51. The van der Waals surface area contributed by atoms with Gasteiger partial charge in [-0.15, -0.1) is 10.2 Å². The van der Waals surface area contributed by atoms with Gasteiger partial charge in [0.2, 0.25) is 5.90 Å². The minimum Gasteiger partial charge on any atom is -0.474 e. The number of ether oxygens (including phenoxy) is 2. The molecule has 1 aromatic carbocycles. The van der Waals surface area contributed by atoms with E-state index in [4.69, 9.17) is 26.1 Å². The predicted molar refractivity (Wildman–Crippen MR) is 109 cm³/mol. The van der Waals surface area contributed by atoms with Gasteiger partial charge in [0.25, 0.3) is 0 Å². The molecule has 2 aliphatic rings. The van der Waals surface area contributed by atoms with Crippen LogP contribution in [0.15, 0.2) is 29.5 Å². The monoisotopic (exact) mass is 412 g/mol. The summed E-state index contributed by atoms with van der Waals surface area (Å²) in [5, 5.41) is 9.40. The molecule has 0 saturated heterocycles. The fraction of sp³-hybridized carbons (Fsp3) is 0.400. The molecule has 0 fully saturated rings. The van der Waals surface area contributed by atoms with E-state index in [2.05, 4.69) is 26.7 Å². The maximum absolute atomic E-state index is 6.30. The molecular formula is C20H21ClN6O2. The third-order valence-electron chi connectivity index (χ3n) is 5.27. The van der Waals surface area contributed by atoms with Gasteiger partial charge >= 0.3 is 0 Å². The Morgan fingerprint density at radius 3 is 3.03 bits per heavy atom. The van der Waals surface area contributed by atoms with E-state index >= 15 is 0 Å². The van der Waals surface area contributed by atoms with Crippen LogP contribution in [-0.2, 0) is 22.6 Å². The average molecular weight is 413 g/mol. The number of halogens is 1. The summed E-state index contributed by atoms with van der Waals surface area (Å²) in [6, 6.07) is 5.94. The van der Waals surface area contributed by atoms with Crippen molar-refractivity contribution in [2.75, 3.05) is 13.7 Å². The van der Waals surface area contributed by atoms with Gasteiger partial charge in [-0.3, -0.25) is 4.57 Å². The molecule has 8 nitrogen and oxygen atoms in total. The number of fused-ring (bicyclic) bond motifs is 5. The lowest BCUT2D eigenvalue weighted by Crippen LogP contribution is -2.13. The van der Waals surface area contributed by atoms with Crippen LogP contribution in [0, 0.1) is 0 Å². The first-order chi connectivity index (χ1) is 14.2. The maximum atomic E-state index is 6.30. The summed E-state index contributed by atoms with van der Waals surface area (Å²) in [6.07, 6.45) is 3.89. The van der Waals surface area contributed by atoms with Crippen molar-refractivity contribution in [3.8, 4) is 17.1 Å². The number of aliphatic imine (C=N–C) groups is 1. The zero-order valence-corrected chi connectivity index (χ0v) is 17.1. The van der Waals surface area contributed by atoms with E-state index < -0.39 is 0 Å². The topological polar surface area (TPSA) is 79.4 Å². The zero-order valence-electron chi connectivity index (χ0n) is 16.3. The molecule has 29 heavy (non-hydrogen) atoms. The second-order valence-corrected chi connectivity index (χ2v) is 7.65. The highest BCUT2D eigenvalue weighted by Gasteiger charge is 2.30. The minimum absolute atomic E-state index is 0.193. The lowest BCUT2D eigenvalue weighted by atomic mass is 10.1. The van der Waals surface area contributed by atoms with Gasteiger partial charge in [0.15, 0.2) is 11.6 Å². The van der Waals surface area contributed by atoms with Crippen molar-refractivity contribution < 1.29 is 9.47 Å². The Hall–Kier alpha value is -2.71. The molecule has 9 heteroatoms. The summed E-state index contributed by atoms with van der Waals surface area (Å²) in [5.41, 5.74) is 3.57. The van der Waals surface area contributed by atoms with Crippen LogP contribution in [0.2, 0.25) is 5.02 Å². The van der Waals surface area contributed by atoms with Crippen molar-refractivity contribution >= 4 is 17.5 Å². The largest absolute Gasteiger partial charge is 0.474 e. The van der Waals surface area contributed by atoms with Crippen molar-refractivity contribution in [1.82, 2.24) is 24.3 Å². The first kappa shape index (κ1) is 18.3. The average Bonchev–Trinajstić information content (AvgIpc) is 3.41. The molecule has 0 amide bonds. The lowest BCUT2D eigenvalue weighted by Gasteiger charge is -2.09. The molecule has 3 aromatic rings. The number of nitrogens with zero attached hydrogens (tertiary/aromatic N) is 6. The molecule has 4 heterocycles. The molecule has 0 spiro atoms. The van der Waals surface area contributed by atoms with Gasteiger partial charge in [-0.05, 0) is 24.6 Å². The number of hydrogen-bond acceptors (Lipinski definition) is 6. The Balaban J connectivity index is 1.68. The number of imidazole rings is 1. The number of methoxy groups -OCH3 is 1. The molecule has 2 aromatic heterocycles. The molecule has 0 radical (unpaired) electrons. The van der Waals surface area contributed by atoms with E-state index in [9.17, 15) is 0 Å².